The summed E-state index contributed by atoms with van der Waals surface area (Å²) in [7, 11) is 0. The number of nitrogens with two attached hydrogens (primary N) is 1. The van der Waals surface area contributed by atoms with Crippen LogP contribution in [0.3, 0.4) is 0 Å². The van der Waals surface area contributed by atoms with Crippen LogP contribution in [0.2, 0.25) is 0 Å². The quantitative estimate of drug-likeness (QED) is 0.361. The van der Waals surface area contributed by atoms with Crippen molar-refractivity contribution in [2.75, 3.05) is 43.1 Å². The Morgan fingerprint density at radius 1 is 1.26 bits per heavy atom. The summed E-state index contributed by atoms with van der Waals surface area (Å²) in [6.07, 6.45) is -0.275. The molecule has 1 aliphatic carbocycles. The number of hydrogen-bond donors (Lipinski definition) is 2. The van der Waals surface area contributed by atoms with Crippen molar-refractivity contribution >= 4 is 29.1 Å². The number of carbonyl (C=O) groups excluding carboxylic acids is 3. The smallest absolute Gasteiger partial charge is 0.387 e. The molecule has 9 nitrogen and oxygen atoms in total. The summed E-state index contributed by atoms with van der Waals surface area (Å²) in [5, 5.41) is 2.36. The number of nitrogens with zero attached hydrogens (tertiary/aromatic N) is 2. The molecule has 1 saturated heterocycles. The Morgan fingerprint density at radius 3 is 2.56 bits per heavy atom. The molecule has 2 aliphatic rings. The van der Waals surface area contributed by atoms with Crippen molar-refractivity contribution in [1.29, 1.82) is 0 Å². The highest BCUT2D eigenvalue weighted by Crippen LogP contribution is 2.34. The fourth-order valence-electron chi connectivity index (χ4n) is 3.93. The van der Waals surface area contributed by atoms with Crippen LogP contribution in [-0.2, 0) is 19.1 Å². The van der Waals surface area contributed by atoms with Crippen LogP contribution in [0.15, 0.2) is 18.2 Å². The SMILES string of the molecule is NC(=O)[C@@H](C(=O)Nc1ccc(N2CCOCC2=O)c(OC(F)F)c1)N(CC(F)F)CC1CCC1. The van der Waals surface area contributed by atoms with Gasteiger partial charge in [-0.3, -0.25) is 19.3 Å². The van der Waals surface area contributed by atoms with E-state index in [9.17, 15) is 31.9 Å². The molecule has 3 amide bonds. The minimum atomic E-state index is -3.22. The molecule has 2 fully saturated rings. The monoisotopic (exact) mass is 490 g/mol. The predicted octanol–water partition coefficient (Wildman–Crippen LogP) is 1.81. The minimum absolute atomic E-state index is 0.0439. The Labute approximate surface area is 193 Å². The van der Waals surface area contributed by atoms with Crippen LogP contribution in [0.4, 0.5) is 28.9 Å². The molecule has 1 aliphatic heterocycles. The van der Waals surface area contributed by atoms with E-state index in [1.54, 1.807) is 0 Å². The number of amides is 3. The number of carbonyl (C=O) groups is 3. The van der Waals surface area contributed by atoms with Crippen molar-refractivity contribution in [3.05, 3.63) is 18.2 Å². The fraction of sp³-hybridized carbons (Fsp3) is 0.571. The van der Waals surface area contributed by atoms with Crippen LogP contribution >= 0.6 is 0 Å². The second kappa shape index (κ2) is 11.5. The highest BCUT2D eigenvalue weighted by molar-refractivity contribution is 6.09. The van der Waals surface area contributed by atoms with Crippen molar-refractivity contribution in [3.8, 4) is 5.75 Å². The molecule has 13 heteroatoms. The molecule has 0 radical (unpaired) electrons. The summed E-state index contributed by atoms with van der Waals surface area (Å²) in [6.45, 7) is -3.87. The van der Waals surface area contributed by atoms with E-state index in [0.29, 0.717) is 0 Å². The van der Waals surface area contributed by atoms with Gasteiger partial charge in [-0.05, 0) is 30.9 Å². The molecule has 34 heavy (non-hydrogen) atoms. The Morgan fingerprint density at radius 2 is 2.00 bits per heavy atom. The van der Waals surface area contributed by atoms with Crippen LogP contribution in [0, 0.1) is 5.92 Å². The summed E-state index contributed by atoms with van der Waals surface area (Å²) in [5.41, 5.74) is 5.37. The Bertz CT molecular complexity index is 900. The maximum atomic E-state index is 13.1. The molecule has 1 atom stereocenters. The first-order valence-electron chi connectivity index (χ1n) is 10.7. The van der Waals surface area contributed by atoms with E-state index in [1.807, 2.05) is 0 Å². The maximum absolute atomic E-state index is 13.1. The van der Waals surface area contributed by atoms with Crippen LogP contribution in [0.1, 0.15) is 19.3 Å². The van der Waals surface area contributed by atoms with Gasteiger partial charge in [-0.15, -0.1) is 0 Å². The van der Waals surface area contributed by atoms with Gasteiger partial charge in [0.15, 0.2) is 11.8 Å². The topological polar surface area (TPSA) is 114 Å². The number of primary amides is 1. The zero-order valence-electron chi connectivity index (χ0n) is 18.2. The maximum Gasteiger partial charge on any atom is 0.387 e. The molecule has 0 spiro atoms. The van der Waals surface area contributed by atoms with E-state index in [0.717, 1.165) is 30.2 Å². The zero-order valence-corrected chi connectivity index (χ0v) is 18.2. The van der Waals surface area contributed by atoms with Gasteiger partial charge < -0.3 is 25.4 Å². The van der Waals surface area contributed by atoms with E-state index >= 15 is 0 Å². The number of ether oxygens (including phenoxy) is 2. The molecule has 3 rings (SSSR count). The number of nitrogens with one attached hydrogen (secondary N) is 1. The molecule has 188 valence electrons. The van der Waals surface area contributed by atoms with E-state index in [2.05, 4.69) is 10.1 Å². The molecule has 1 aromatic carbocycles. The first-order chi connectivity index (χ1) is 16.2. The lowest BCUT2D eigenvalue weighted by Crippen LogP contribution is -2.55. The summed E-state index contributed by atoms with van der Waals surface area (Å²) in [5.74, 6) is -2.88. The number of alkyl halides is 4. The van der Waals surface area contributed by atoms with Gasteiger partial charge in [0.05, 0.1) is 18.8 Å². The Kier molecular flexibility index (Phi) is 8.67. The van der Waals surface area contributed by atoms with Crippen LogP contribution in [0.25, 0.3) is 0 Å². The standard InChI is InChI=1S/C21H26F4N4O5/c22-16(23)10-28(9-12-2-1-3-12)18(19(26)31)20(32)27-13-4-5-14(15(8-13)34-21(24)25)29-6-7-33-11-17(29)30/h4-5,8,12,16,18,21H,1-3,6-7,9-11H2,(H2,26,31)(H,27,32)/t18-/m0/s1. The first-order valence-corrected chi connectivity index (χ1v) is 10.7. The number of halogens is 4. The van der Waals surface area contributed by atoms with Gasteiger partial charge in [0.2, 0.25) is 5.91 Å². The molecule has 0 unspecified atom stereocenters. The fourth-order valence-corrected chi connectivity index (χ4v) is 3.93. The van der Waals surface area contributed by atoms with E-state index in [1.165, 1.54) is 17.0 Å². The van der Waals surface area contributed by atoms with Gasteiger partial charge in [0.25, 0.3) is 18.2 Å². The third kappa shape index (κ3) is 6.56. The number of anilines is 2. The summed E-state index contributed by atoms with van der Waals surface area (Å²) < 4.78 is 61.9. The Balaban J connectivity index is 1.82. The van der Waals surface area contributed by atoms with E-state index in [-0.39, 0.29) is 43.6 Å². The van der Waals surface area contributed by atoms with Gasteiger partial charge in [-0.25, -0.2) is 8.78 Å². The first kappa shape index (κ1) is 25.7. The number of benzene rings is 1. The van der Waals surface area contributed by atoms with Crippen molar-refractivity contribution in [1.82, 2.24) is 4.90 Å². The molecule has 1 saturated carbocycles. The molecule has 0 bridgehead atoms. The Hall–Kier alpha value is -2.93. The van der Waals surface area contributed by atoms with E-state index < -0.39 is 49.1 Å². The van der Waals surface area contributed by atoms with Crippen LogP contribution < -0.4 is 20.7 Å². The van der Waals surface area contributed by atoms with Gasteiger partial charge in [-0.2, -0.15) is 8.78 Å². The summed E-state index contributed by atoms with van der Waals surface area (Å²) in [4.78, 5) is 39.3. The summed E-state index contributed by atoms with van der Waals surface area (Å²) in [6, 6.07) is 1.98. The van der Waals surface area contributed by atoms with Crippen LogP contribution in [0.5, 0.6) is 5.75 Å². The molecule has 3 N–H and O–H groups in total. The van der Waals surface area contributed by atoms with Gasteiger partial charge in [-0.1, -0.05) is 6.42 Å². The van der Waals surface area contributed by atoms with Crippen molar-refractivity contribution in [3.63, 3.8) is 0 Å². The lowest BCUT2D eigenvalue weighted by molar-refractivity contribution is -0.134. The molecule has 1 heterocycles. The highest BCUT2D eigenvalue weighted by atomic mass is 19.3. The predicted molar refractivity (Wildman–Crippen MR) is 113 cm³/mol. The normalized spacial score (nSPS) is 17.7. The van der Waals surface area contributed by atoms with Gasteiger partial charge in [0.1, 0.15) is 6.61 Å². The van der Waals surface area contributed by atoms with Gasteiger partial charge >= 0.3 is 6.61 Å². The number of rotatable bonds is 11. The largest absolute Gasteiger partial charge is 0.433 e. The second-order valence-electron chi connectivity index (χ2n) is 8.10. The lowest BCUT2D eigenvalue weighted by Gasteiger charge is -2.35. The average Bonchev–Trinajstić information content (AvgIpc) is 2.70. The summed E-state index contributed by atoms with van der Waals surface area (Å²) >= 11 is 0. The number of morpholine rings is 1. The number of hydrogen-bond acceptors (Lipinski definition) is 6. The van der Waals surface area contributed by atoms with Crippen molar-refractivity contribution in [2.45, 2.75) is 38.3 Å². The molecular formula is C21H26F4N4O5. The van der Waals surface area contributed by atoms with Crippen molar-refractivity contribution < 1.29 is 41.4 Å². The molecular weight excluding hydrogens is 464 g/mol. The second-order valence-corrected chi connectivity index (χ2v) is 8.10. The zero-order chi connectivity index (χ0) is 24.8. The highest BCUT2D eigenvalue weighted by Gasteiger charge is 2.35. The lowest BCUT2D eigenvalue weighted by atomic mass is 9.85. The third-order valence-corrected chi connectivity index (χ3v) is 5.69. The van der Waals surface area contributed by atoms with Gasteiger partial charge in [0, 0.05) is 24.8 Å². The van der Waals surface area contributed by atoms with E-state index in [4.69, 9.17) is 10.5 Å². The minimum Gasteiger partial charge on any atom is -0.433 e. The average molecular weight is 490 g/mol. The van der Waals surface area contributed by atoms with Crippen LogP contribution in [-0.4, -0.2) is 74.5 Å². The third-order valence-electron chi connectivity index (χ3n) is 5.69. The molecule has 0 aromatic heterocycles. The van der Waals surface area contributed by atoms with Crippen molar-refractivity contribution in [2.24, 2.45) is 11.7 Å². The molecule has 1 aromatic rings.